The van der Waals surface area contributed by atoms with Gasteiger partial charge in [-0.25, -0.2) is 4.79 Å². The minimum atomic E-state index is -1.91. The number of aliphatic hydroxyl groups excluding tert-OH is 1. The number of aliphatic hydroxyl groups is 1. The predicted molar refractivity (Wildman–Crippen MR) is 102 cm³/mol. The van der Waals surface area contributed by atoms with E-state index in [9.17, 15) is 9.59 Å². The summed E-state index contributed by atoms with van der Waals surface area (Å²) in [5.74, 6) is -2.77. The first-order chi connectivity index (χ1) is 13.6. The van der Waals surface area contributed by atoms with E-state index in [4.69, 9.17) is 19.3 Å². The molecule has 0 bridgehead atoms. The Morgan fingerprint density at radius 1 is 1.07 bits per heavy atom. The molecule has 1 saturated heterocycles. The zero-order chi connectivity index (χ0) is 19.6. The van der Waals surface area contributed by atoms with Gasteiger partial charge in [-0.1, -0.05) is 36.4 Å². The number of nitrogens with one attached hydrogen (secondary N) is 1. The van der Waals surface area contributed by atoms with Crippen molar-refractivity contribution in [2.24, 2.45) is 0 Å². The van der Waals surface area contributed by atoms with Gasteiger partial charge in [0.05, 0.1) is 25.4 Å². The maximum atomic E-state index is 12.8. The van der Waals surface area contributed by atoms with E-state index >= 15 is 0 Å². The van der Waals surface area contributed by atoms with Crippen LogP contribution < -0.4 is 5.56 Å². The van der Waals surface area contributed by atoms with Crippen molar-refractivity contribution in [1.29, 1.82) is 0 Å². The molecule has 0 atom stereocenters. The van der Waals surface area contributed by atoms with Crippen LogP contribution in [0.2, 0.25) is 0 Å². The van der Waals surface area contributed by atoms with Crippen LogP contribution in [0.5, 0.6) is 0 Å². The molecule has 1 aliphatic heterocycles. The Balaban J connectivity index is 1.72. The zero-order valence-corrected chi connectivity index (χ0v) is 15.0. The van der Waals surface area contributed by atoms with Crippen molar-refractivity contribution in [3.05, 3.63) is 70.5 Å². The molecule has 0 aliphatic carbocycles. The summed E-state index contributed by atoms with van der Waals surface area (Å²) in [7, 11) is 0. The van der Waals surface area contributed by atoms with Crippen molar-refractivity contribution < 1.29 is 24.1 Å². The van der Waals surface area contributed by atoms with Gasteiger partial charge >= 0.3 is 11.8 Å². The molecule has 144 valence electrons. The summed E-state index contributed by atoms with van der Waals surface area (Å²) in [4.78, 5) is 28.0. The summed E-state index contributed by atoms with van der Waals surface area (Å²) in [5.41, 5.74) is 0.954. The summed E-state index contributed by atoms with van der Waals surface area (Å²) < 4.78 is 15.9. The van der Waals surface area contributed by atoms with Crippen molar-refractivity contribution in [3.63, 3.8) is 0 Å². The Kier molecular flexibility index (Phi) is 4.95. The third-order valence-electron chi connectivity index (χ3n) is 4.61. The largest absolute Gasteiger partial charge is 0.459 e. The molecule has 1 aliphatic rings. The fraction of sp³-hybridized carbons (Fsp3) is 0.238. The molecule has 0 saturated carbocycles. The number of carbonyl (C=O) groups excluding carboxylic acids is 1. The van der Waals surface area contributed by atoms with Gasteiger partial charge in [0.25, 0.3) is 5.56 Å². The van der Waals surface area contributed by atoms with Crippen LogP contribution in [0, 0.1) is 0 Å². The van der Waals surface area contributed by atoms with Crippen LogP contribution in [-0.2, 0) is 24.8 Å². The first-order valence-electron chi connectivity index (χ1n) is 8.93. The average molecular weight is 381 g/mol. The molecular formula is C21H19NO6. The molecule has 1 aromatic heterocycles. The zero-order valence-electron chi connectivity index (χ0n) is 15.0. The quantitative estimate of drug-likeness (QED) is 0.656. The maximum Gasteiger partial charge on any atom is 0.372 e. The molecule has 0 unspecified atom stereocenters. The van der Waals surface area contributed by atoms with E-state index in [2.05, 4.69) is 4.98 Å². The summed E-state index contributed by atoms with van der Waals surface area (Å²) in [6.45, 7) is -0.236. The van der Waals surface area contributed by atoms with E-state index in [0.29, 0.717) is 5.69 Å². The number of H-pyrrole nitrogens is 1. The second-order valence-corrected chi connectivity index (χ2v) is 6.35. The number of hydrogen-bond donors (Lipinski definition) is 2. The highest BCUT2D eigenvalue weighted by atomic mass is 16.8. The lowest BCUT2D eigenvalue weighted by Crippen LogP contribution is -2.43. The second-order valence-electron chi connectivity index (χ2n) is 6.35. The first kappa shape index (κ1) is 18.4. The lowest BCUT2D eigenvalue weighted by atomic mass is 10.0. The van der Waals surface area contributed by atoms with E-state index < -0.39 is 17.3 Å². The summed E-state index contributed by atoms with van der Waals surface area (Å²) in [5, 5.41) is 11.0. The van der Waals surface area contributed by atoms with E-state index in [0.717, 1.165) is 16.3 Å². The minimum Gasteiger partial charge on any atom is -0.459 e. The number of aromatic nitrogens is 1. The van der Waals surface area contributed by atoms with Crippen molar-refractivity contribution in [3.8, 4) is 11.3 Å². The van der Waals surface area contributed by atoms with Gasteiger partial charge in [0, 0.05) is 5.69 Å². The van der Waals surface area contributed by atoms with Crippen molar-refractivity contribution in [2.75, 3.05) is 26.4 Å². The van der Waals surface area contributed by atoms with Gasteiger partial charge in [-0.15, -0.1) is 0 Å². The highest BCUT2D eigenvalue weighted by molar-refractivity contribution is 5.87. The Bertz CT molecular complexity index is 1070. The van der Waals surface area contributed by atoms with Gasteiger partial charge in [0.2, 0.25) is 0 Å². The van der Waals surface area contributed by atoms with E-state index in [1.54, 1.807) is 6.07 Å². The SMILES string of the molecule is O=C(OCCO)C1(c2ccc(-c3ccc4ccccc4c3)[nH]c2=O)OCCO1. The molecule has 7 nitrogen and oxygen atoms in total. The number of rotatable bonds is 5. The molecule has 0 amide bonds. The lowest BCUT2D eigenvalue weighted by Gasteiger charge is -2.24. The molecule has 2 aromatic carbocycles. The third kappa shape index (κ3) is 3.20. The Hall–Kier alpha value is -3.00. The fourth-order valence-corrected chi connectivity index (χ4v) is 3.29. The molecule has 7 heteroatoms. The highest BCUT2D eigenvalue weighted by Crippen LogP contribution is 2.32. The normalized spacial score (nSPS) is 15.6. The Morgan fingerprint density at radius 2 is 1.82 bits per heavy atom. The van der Waals surface area contributed by atoms with Crippen LogP contribution in [0.15, 0.2) is 59.4 Å². The number of esters is 1. The van der Waals surface area contributed by atoms with Crippen molar-refractivity contribution in [1.82, 2.24) is 4.98 Å². The van der Waals surface area contributed by atoms with Crippen LogP contribution in [-0.4, -0.2) is 42.5 Å². The van der Waals surface area contributed by atoms with E-state index in [1.165, 1.54) is 6.07 Å². The summed E-state index contributed by atoms with van der Waals surface area (Å²) >= 11 is 0. The molecule has 2 heterocycles. The molecule has 4 rings (SSSR count). The Morgan fingerprint density at radius 3 is 2.54 bits per heavy atom. The number of fused-ring (bicyclic) bond motifs is 1. The fourth-order valence-electron chi connectivity index (χ4n) is 3.29. The molecule has 28 heavy (non-hydrogen) atoms. The Labute approximate surface area is 160 Å². The number of pyridine rings is 1. The van der Waals surface area contributed by atoms with Crippen LogP contribution in [0.3, 0.4) is 0 Å². The van der Waals surface area contributed by atoms with Crippen molar-refractivity contribution in [2.45, 2.75) is 5.79 Å². The molecule has 0 radical (unpaired) electrons. The number of benzene rings is 2. The minimum absolute atomic E-state index is 0.0116. The van der Waals surface area contributed by atoms with Crippen LogP contribution in [0.1, 0.15) is 5.56 Å². The molecule has 2 N–H and O–H groups in total. The average Bonchev–Trinajstić information content (AvgIpc) is 3.22. The van der Waals surface area contributed by atoms with Crippen LogP contribution >= 0.6 is 0 Å². The van der Waals surface area contributed by atoms with Gasteiger partial charge in [0.15, 0.2) is 0 Å². The van der Waals surface area contributed by atoms with Crippen molar-refractivity contribution >= 4 is 16.7 Å². The third-order valence-corrected chi connectivity index (χ3v) is 4.61. The topological polar surface area (TPSA) is 97.9 Å². The monoisotopic (exact) mass is 381 g/mol. The van der Waals surface area contributed by atoms with Gasteiger partial charge in [-0.2, -0.15) is 0 Å². The summed E-state index contributed by atoms with van der Waals surface area (Å²) in [6.07, 6.45) is 0. The van der Waals surface area contributed by atoms with Crippen LogP contribution in [0.25, 0.3) is 22.0 Å². The van der Waals surface area contributed by atoms with Gasteiger partial charge in [0.1, 0.15) is 6.61 Å². The number of hydrogen-bond acceptors (Lipinski definition) is 6. The predicted octanol–water partition coefficient (Wildman–Crippen LogP) is 1.93. The lowest BCUT2D eigenvalue weighted by molar-refractivity contribution is -0.212. The number of aromatic amines is 1. The van der Waals surface area contributed by atoms with E-state index in [1.807, 2.05) is 42.5 Å². The molecule has 3 aromatic rings. The van der Waals surface area contributed by atoms with Gasteiger partial charge in [-0.3, -0.25) is 4.79 Å². The highest BCUT2D eigenvalue weighted by Gasteiger charge is 2.50. The standard InChI is InChI=1S/C21H19NO6/c23-9-10-26-20(25)21(27-11-12-28-21)17-7-8-18(22-19(17)24)16-6-5-14-3-1-2-4-15(14)13-16/h1-8,13,23H,9-12H2,(H,22,24). The number of ether oxygens (including phenoxy) is 3. The van der Waals surface area contributed by atoms with Gasteiger partial charge < -0.3 is 24.3 Å². The molecule has 0 spiro atoms. The maximum absolute atomic E-state index is 12.8. The van der Waals surface area contributed by atoms with E-state index in [-0.39, 0.29) is 32.0 Å². The van der Waals surface area contributed by atoms with Gasteiger partial charge in [-0.05, 0) is 34.5 Å². The first-order valence-corrected chi connectivity index (χ1v) is 8.93. The second kappa shape index (κ2) is 7.55. The number of carbonyl (C=O) groups is 1. The summed E-state index contributed by atoms with van der Waals surface area (Å²) in [6, 6.07) is 17.0. The smallest absolute Gasteiger partial charge is 0.372 e. The van der Waals surface area contributed by atoms with Crippen LogP contribution in [0.4, 0.5) is 0 Å². The molecule has 1 fully saturated rings. The molecular weight excluding hydrogens is 362 g/mol.